The zero-order valence-corrected chi connectivity index (χ0v) is 18.3. The molecular weight excluding hydrogens is 430 g/mol. The number of hydrogen-bond donors (Lipinski definition) is 4. The third-order valence-electron chi connectivity index (χ3n) is 5.96. The van der Waals surface area contributed by atoms with Gasteiger partial charge in [-0.1, -0.05) is 12.1 Å². The van der Waals surface area contributed by atoms with E-state index >= 15 is 0 Å². The van der Waals surface area contributed by atoms with Crippen LogP contribution in [0.25, 0.3) is 33.7 Å². The number of benzene rings is 1. The molecule has 10 nitrogen and oxygen atoms in total. The Bertz CT molecular complexity index is 1400. The van der Waals surface area contributed by atoms with Crippen LogP contribution < -0.4 is 10.2 Å². The molecule has 1 aliphatic heterocycles. The maximum absolute atomic E-state index is 9.97. The van der Waals surface area contributed by atoms with Crippen LogP contribution in [0.15, 0.2) is 61.2 Å². The lowest BCUT2D eigenvalue weighted by atomic mass is 10.1. The van der Waals surface area contributed by atoms with Crippen molar-refractivity contribution < 1.29 is 5.11 Å². The fourth-order valence-corrected chi connectivity index (χ4v) is 4.24. The molecular formula is C24H23N9O. The highest BCUT2D eigenvalue weighted by Crippen LogP contribution is 2.28. The lowest BCUT2D eigenvalue weighted by molar-refractivity contribution is 0.154. The Morgan fingerprint density at radius 3 is 2.65 bits per heavy atom. The SMILES string of the molecule is OC1CCCN(c2ccc(-c3nc(Nc4ccc(-c5cc[nH]n5)cc4)nc4[nH]cnc34)cn2)C1. The zero-order valence-electron chi connectivity index (χ0n) is 18.3. The number of imidazole rings is 1. The number of fused-ring (bicyclic) bond motifs is 1. The number of anilines is 3. The normalized spacial score (nSPS) is 16.1. The minimum absolute atomic E-state index is 0.303. The first kappa shape index (κ1) is 20.3. The maximum atomic E-state index is 9.97. The molecule has 1 unspecified atom stereocenters. The van der Waals surface area contributed by atoms with Gasteiger partial charge in [-0.3, -0.25) is 5.10 Å². The number of β-amino-alcohol motifs (C(OH)–C–C–N with tert-alkyl or cyclic N) is 1. The summed E-state index contributed by atoms with van der Waals surface area (Å²) in [7, 11) is 0. The van der Waals surface area contributed by atoms with Crippen LogP contribution in [0.2, 0.25) is 0 Å². The number of H-pyrrole nitrogens is 2. The number of aliphatic hydroxyl groups excluding tert-OH is 1. The van der Waals surface area contributed by atoms with Crippen LogP contribution in [-0.2, 0) is 0 Å². The number of aromatic amines is 2. The van der Waals surface area contributed by atoms with Gasteiger partial charge in [0.1, 0.15) is 17.0 Å². The Balaban J connectivity index is 1.28. The molecule has 4 N–H and O–H groups in total. The molecule has 4 aromatic heterocycles. The van der Waals surface area contributed by atoms with Gasteiger partial charge in [0, 0.05) is 42.3 Å². The molecule has 1 aromatic carbocycles. The summed E-state index contributed by atoms with van der Waals surface area (Å²) in [5, 5.41) is 20.3. The van der Waals surface area contributed by atoms with Crippen LogP contribution in [0.5, 0.6) is 0 Å². The molecule has 0 saturated carbocycles. The molecule has 170 valence electrons. The number of piperidine rings is 1. The standard InChI is InChI=1S/C24H23N9O/c34-18-2-1-11-33(13-18)20-8-5-16(12-25-20)21-22-23(27-14-26-22)31-24(30-21)29-17-6-3-15(4-7-17)19-9-10-28-32-19/h3-10,12,14,18,34H,1-2,11,13H2,(H,28,32)(H2,26,27,29,30,31). The minimum atomic E-state index is -0.303. The van der Waals surface area contributed by atoms with Crippen molar-refractivity contribution in [3.8, 4) is 22.5 Å². The number of nitrogens with zero attached hydrogens (tertiary/aromatic N) is 6. The van der Waals surface area contributed by atoms with Crippen molar-refractivity contribution in [1.82, 2.24) is 35.1 Å². The van der Waals surface area contributed by atoms with Gasteiger partial charge in [0.15, 0.2) is 5.65 Å². The summed E-state index contributed by atoms with van der Waals surface area (Å²) in [5.41, 5.74) is 5.63. The quantitative estimate of drug-likeness (QED) is 0.318. The molecule has 34 heavy (non-hydrogen) atoms. The Labute approximate surface area is 195 Å². The number of aliphatic hydroxyl groups is 1. The number of aromatic nitrogens is 7. The molecule has 0 bridgehead atoms. The first-order valence-electron chi connectivity index (χ1n) is 11.2. The Morgan fingerprint density at radius 1 is 1.00 bits per heavy atom. The summed E-state index contributed by atoms with van der Waals surface area (Å²) < 4.78 is 0. The molecule has 0 spiro atoms. The van der Waals surface area contributed by atoms with Crippen LogP contribution in [-0.4, -0.2) is 59.4 Å². The maximum Gasteiger partial charge on any atom is 0.229 e. The third-order valence-corrected chi connectivity index (χ3v) is 5.96. The van der Waals surface area contributed by atoms with E-state index in [2.05, 4.69) is 40.3 Å². The van der Waals surface area contributed by atoms with Crippen LogP contribution in [0.3, 0.4) is 0 Å². The number of hydrogen-bond acceptors (Lipinski definition) is 8. The monoisotopic (exact) mass is 453 g/mol. The third kappa shape index (κ3) is 3.95. The van der Waals surface area contributed by atoms with Gasteiger partial charge in [-0.05, 0) is 43.2 Å². The van der Waals surface area contributed by atoms with Crippen molar-refractivity contribution in [2.45, 2.75) is 18.9 Å². The van der Waals surface area contributed by atoms with E-state index in [4.69, 9.17) is 4.98 Å². The molecule has 1 atom stereocenters. The van der Waals surface area contributed by atoms with Crippen molar-refractivity contribution >= 4 is 28.6 Å². The molecule has 1 saturated heterocycles. The second-order valence-electron chi connectivity index (χ2n) is 8.30. The number of rotatable bonds is 5. The Kier molecular flexibility index (Phi) is 5.11. The molecule has 0 aliphatic carbocycles. The van der Waals surface area contributed by atoms with Crippen LogP contribution in [0, 0.1) is 0 Å². The van der Waals surface area contributed by atoms with Crippen LogP contribution in [0.1, 0.15) is 12.8 Å². The highest BCUT2D eigenvalue weighted by atomic mass is 16.3. The van der Waals surface area contributed by atoms with Gasteiger partial charge in [-0.15, -0.1) is 0 Å². The van der Waals surface area contributed by atoms with E-state index in [0.717, 1.165) is 47.7 Å². The summed E-state index contributed by atoms with van der Waals surface area (Å²) in [6, 6.07) is 13.8. The van der Waals surface area contributed by atoms with Crippen molar-refractivity contribution in [3.05, 3.63) is 61.2 Å². The topological polar surface area (TPSA) is 132 Å². The molecule has 10 heteroatoms. The van der Waals surface area contributed by atoms with E-state index in [1.807, 2.05) is 42.5 Å². The van der Waals surface area contributed by atoms with E-state index in [9.17, 15) is 5.11 Å². The van der Waals surface area contributed by atoms with Crippen molar-refractivity contribution in [3.63, 3.8) is 0 Å². The second-order valence-corrected chi connectivity index (χ2v) is 8.30. The fraction of sp³-hybridized carbons (Fsp3) is 0.208. The fourth-order valence-electron chi connectivity index (χ4n) is 4.24. The van der Waals surface area contributed by atoms with Gasteiger partial charge in [-0.2, -0.15) is 10.1 Å². The summed E-state index contributed by atoms with van der Waals surface area (Å²) in [6.07, 6.45) is 6.71. The average Bonchev–Trinajstić information content (AvgIpc) is 3.57. The van der Waals surface area contributed by atoms with E-state index in [-0.39, 0.29) is 6.10 Å². The highest BCUT2D eigenvalue weighted by molar-refractivity contribution is 5.88. The first-order chi connectivity index (χ1) is 16.7. The van der Waals surface area contributed by atoms with Crippen molar-refractivity contribution in [2.24, 2.45) is 0 Å². The van der Waals surface area contributed by atoms with Crippen LogP contribution >= 0.6 is 0 Å². The van der Waals surface area contributed by atoms with Crippen molar-refractivity contribution in [1.29, 1.82) is 0 Å². The predicted molar refractivity (Wildman–Crippen MR) is 130 cm³/mol. The Morgan fingerprint density at radius 2 is 1.88 bits per heavy atom. The molecule has 1 fully saturated rings. The predicted octanol–water partition coefficient (Wildman–Crippen LogP) is 3.51. The lowest BCUT2D eigenvalue weighted by Gasteiger charge is -2.31. The van der Waals surface area contributed by atoms with Gasteiger partial charge in [0.05, 0.1) is 18.1 Å². The van der Waals surface area contributed by atoms with Gasteiger partial charge in [0.25, 0.3) is 0 Å². The van der Waals surface area contributed by atoms with Gasteiger partial charge < -0.3 is 20.3 Å². The number of pyridine rings is 1. The molecule has 5 heterocycles. The van der Waals surface area contributed by atoms with Gasteiger partial charge >= 0.3 is 0 Å². The van der Waals surface area contributed by atoms with E-state index < -0.39 is 0 Å². The minimum Gasteiger partial charge on any atom is -0.391 e. The zero-order chi connectivity index (χ0) is 22.9. The molecule has 6 rings (SSSR count). The summed E-state index contributed by atoms with van der Waals surface area (Å²) >= 11 is 0. The summed E-state index contributed by atoms with van der Waals surface area (Å²) in [5.74, 6) is 1.31. The molecule has 1 aliphatic rings. The first-order valence-corrected chi connectivity index (χ1v) is 11.2. The summed E-state index contributed by atoms with van der Waals surface area (Å²) in [4.78, 5) is 23.6. The number of nitrogens with one attached hydrogen (secondary N) is 3. The van der Waals surface area contributed by atoms with E-state index in [1.165, 1.54) is 0 Å². The molecule has 0 radical (unpaired) electrons. The van der Waals surface area contributed by atoms with Crippen molar-refractivity contribution in [2.75, 3.05) is 23.3 Å². The van der Waals surface area contributed by atoms with E-state index in [0.29, 0.717) is 29.4 Å². The van der Waals surface area contributed by atoms with Gasteiger partial charge in [-0.25, -0.2) is 15.0 Å². The van der Waals surface area contributed by atoms with E-state index in [1.54, 1.807) is 18.7 Å². The highest BCUT2D eigenvalue weighted by Gasteiger charge is 2.19. The average molecular weight is 454 g/mol. The molecule has 0 amide bonds. The lowest BCUT2D eigenvalue weighted by Crippen LogP contribution is -2.38. The smallest absolute Gasteiger partial charge is 0.229 e. The largest absolute Gasteiger partial charge is 0.391 e. The van der Waals surface area contributed by atoms with Gasteiger partial charge in [0.2, 0.25) is 5.95 Å². The molecule has 5 aromatic rings. The Hall–Kier alpha value is -4.31. The van der Waals surface area contributed by atoms with Crippen LogP contribution in [0.4, 0.5) is 17.5 Å². The second kappa shape index (κ2) is 8.56. The summed E-state index contributed by atoms with van der Waals surface area (Å²) in [6.45, 7) is 1.50.